The molecule has 1 unspecified atom stereocenters. The largest absolute Gasteiger partial charge is 0.494 e. The first-order chi connectivity index (χ1) is 16.9. The summed E-state index contributed by atoms with van der Waals surface area (Å²) >= 11 is 0. The van der Waals surface area contributed by atoms with Crippen LogP contribution in [-0.2, 0) is 27.7 Å². The Balaban J connectivity index is 0.00000361. The molecule has 0 saturated carbocycles. The first kappa shape index (κ1) is 28.7. The molecule has 0 saturated heterocycles. The summed E-state index contributed by atoms with van der Waals surface area (Å²) in [5.41, 5.74) is 2.46. The molecule has 1 atom stereocenters. The number of hydrogen-bond donors (Lipinski definition) is 1. The third-order valence-electron chi connectivity index (χ3n) is 5.82. The molecule has 9 heteroatoms. The number of benzene rings is 3. The molecule has 3 aromatic rings. The summed E-state index contributed by atoms with van der Waals surface area (Å²) in [6.07, 6.45) is 2.06. The van der Waals surface area contributed by atoms with Crippen LogP contribution in [0.2, 0.25) is 0 Å². The quantitative estimate of drug-likeness (QED) is 0.392. The van der Waals surface area contributed by atoms with Crippen LogP contribution in [0.1, 0.15) is 42.9 Å². The molecule has 4 rings (SSSR count). The second-order valence-corrected chi connectivity index (χ2v) is 9.96. The Kier molecular flexibility index (Phi) is 10.4. The Labute approximate surface area is 255 Å². The number of fused-ring (bicyclic) bond motifs is 1. The molecule has 0 spiro atoms. The number of amides is 1. The van der Waals surface area contributed by atoms with Crippen LogP contribution in [0.3, 0.4) is 0 Å². The summed E-state index contributed by atoms with van der Waals surface area (Å²) in [5.74, 6) is 0.325. The van der Waals surface area contributed by atoms with Gasteiger partial charge in [0.15, 0.2) is 11.5 Å². The van der Waals surface area contributed by atoms with E-state index in [2.05, 4.69) is 11.6 Å². The normalized spacial score (nSPS) is 12.9. The van der Waals surface area contributed by atoms with Gasteiger partial charge in [0, 0.05) is 51.4 Å². The van der Waals surface area contributed by atoms with E-state index in [9.17, 15) is 13.2 Å². The van der Waals surface area contributed by atoms with Crippen LogP contribution < -0.4 is 18.9 Å². The van der Waals surface area contributed by atoms with Crippen molar-refractivity contribution in [3.8, 4) is 17.2 Å². The maximum Gasteiger partial charge on any atom is 0.264 e. The average Bonchev–Trinajstić information content (AvgIpc) is 3.32. The molecule has 1 amide bonds. The van der Waals surface area contributed by atoms with Gasteiger partial charge in [-0.05, 0) is 66.8 Å². The fraction of sp³-hybridized carbons (Fsp3) is 0.296. The van der Waals surface area contributed by atoms with Gasteiger partial charge in [0.25, 0.3) is 10.0 Å². The Morgan fingerprint density at radius 1 is 1.00 bits per heavy atom. The first-order valence-electron chi connectivity index (χ1n) is 11.7. The van der Waals surface area contributed by atoms with Gasteiger partial charge >= 0.3 is 0 Å². The first-order valence-corrected chi connectivity index (χ1v) is 13.2. The zero-order valence-electron chi connectivity index (χ0n) is 20.8. The number of carbonyl (C=O) groups excluding carboxylic acids is 1. The van der Waals surface area contributed by atoms with Gasteiger partial charge in [0.2, 0.25) is 12.7 Å². The zero-order chi connectivity index (χ0) is 24.8. The SMILES string of the molecule is CCCc1ccc(S(=O)(=O)NC(=O)C(Cc2ccccc2OCC)c2ccc3c(c2)OCO3)cc1.[K]. The Morgan fingerprint density at radius 3 is 2.44 bits per heavy atom. The van der Waals surface area contributed by atoms with Gasteiger partial charge in [0.05, 0.1) is 17.4 Å². The van der Waals surface area contributed by atoms with Gasteiger partial charge in [-0.25, -0.2) is 13.1 Å². The number of nitrogens with one attached hydrogen (secondary N) is 1. The van der Waals surface area contributed by atoms with E-state index in [1.165, 1.54) is 12.1 Å². The van der Waals surface area contributed by atoms with Crippen molar-refractivity contribution >= 4 is 67.3 Å². The molecule has 1 aliphatic rings. The van der Waals surface area contributed by atoms with Crippen LogP contribution in [0.15, 0.2) is 71.6 Å². The number of ether oxygens (including phenoxy) is 3. The molecule has 7 nitrogen and oxygen atoms in total. The van der Waals surface area contributed by atoms with Crippen molar-refractivity contribution in [3.05, 3.63) is 83.4 Å². The van der Waals surface area contributed by atoms with Gasteiger partial charge in [-0.2, -0.15) is 0 Å². The Morgan fingerprint density at radius 2 is 1.72 bits per heavy atom. The van der Waals surface area contributed by atoms with Crippen molar-refractivity contribution < 1.29 is 27.4 Å². The summed E-state index contributed by atoms with van der Waals surface area (Å²) in [6.45, 7) is 4.52. The molecule has 1 radical (unpaired) electrons. The van der Waals surface area contributed by atoms with E-state index in [-0.39, 0.29) is 69.5 Å². The van der Waals surface area contributed by atoms with Gasteiger partial charge in [-0.1, -0.05) is 49.7 Å². The molecule has 185 valence electrons. The molecular weight excluding hydrogens is 505 g/mol. The summed E-state index contributed by atoms with van der Waals surface area (Å²) in [7, 11) is -4.06. The number of aryl methyl sites for hydroxylation is 1. The van der Waals surface area contributed by atoms with Crippen molar-refractivity contribution in [3.63, 3.8) is 0 Å². The van der Waals surface area contributed by atoms with E-state index < -0.39 is 21.8 Å². The number of carbonyl (C=O) groups is 1. The maximum atomic E-state index is 13.5. The smallest absolute Gasteiger partial charge is 0.264 e. The van der Waals surface area contributed by atoms with Crippen LogP contribution in [0.25, 0.3) is 0 Å². The number of para-hydroxylation sites is 1. The minimum absolute atomic E-state index is 0. The summed E-state index contributed by atoms with van der Waals surface area (Å²) in [5, 5.41) is 0. The molecule has 1 aliphatic heterocycles. The predicted octanol–water partition coefficient (Wildman–Crippen LogP) is 4.22. The fourth-order valence-electron chi connectivity index (χ4n) is 4.07. The standard InChI is InChI=1S/C27H29NO6S.K/c1-3-7-19-10-13-22(14-11-19)35(30,31)28-27(29)23(16-21-8-5-6-9-24(21)32-4-2)20-12-15-25-26(17-20)34-18-33-25;/h5-6,8-15,17,23H,3-4,7,16,18H2,1-2H3,(H,28,29);. The molecule has 1 N–H and O–H groups in total. The van der Waals surface area contributed by atoms with Crippen LogP contribution in [0.4, 0.5) is 0 Å². The van der Waals surface area contributed by atoms with Crippen molar-refractivity contribution in [2.75, 3.05) is 13.4 Å². The van der Waals surface area contributed by atoms with Crippen LogP contribution in [0.5, 0.6) is 17.2 Å². The Hall–Kier alpha value is -1.88. The van der Waals surface area contributed by atoms with E-state index in [1.807, 2.05) is 31.2 Å². The molecule has 1 heterocycles. The van der Waals surface area contributed by atoms with Gasteiger partial charge in [-0.3, -0.25) is 4.79 Å². The van der Waals surface area contributed by atoms with E-state index >= 15 is 0 Å². The van der Waals surface area contributed by atoms with Crippen molar-refractivity contribution in [1.82, 2.24) is 4.72 Å². The van der Waals surface area contributed by atoms with Crippen molar-refractivity contribution in [1.29, 1.82) is 0 Å². The average molecular weight is 535 g/mol. The van der Waals surface area contributed by atoms with E-state index in [0.29, 0.717) is 29.4 Å². The molecule has 0 bridgehead atoms. The number of hydrogen-bond acceptors (Lipinski definition) is 6. The molecular formula is C27H29KNO6S. The third kappa shape index (κ3) is 6.90. The number of sulfonamides is 1. The molecule has 3 aromatic carbocycles. The predicted molar refractivity (Wildman–Crippen MR) is 138 cm³/mol. The summed E-state index contributed by atoms with van der Waals surface area (Å²) in [4.78, 5) is 13.5. The van der Waals surface area contributed by atoms with Crippen LogP contribution in [0, 0.1) is 0 Å². The van der Waals surface area contributed by atoms with Gasteiger partial charge in [-0.15, -0.1) is 0 Å². The Bertz CT molecular complexity index is 1290. The van der Waals surface area contributed by atoms with Crippen molar-refractivity contribution in [2.45, 2.75) is 43.9 Å². The zero-order valence-corrected chi connectivity index (χ0v) is 24.8. The molecule has 36 heavy (non-hydrogen) atoms. The summed E-state index contributed by atoms with van der Waals surface area (Å²) < 4.78 is 45.0. The van der Waals surface area contributed by atoms with Gasteiger partial charge < -0.3 is 14.2 Å². The van der Waals surface area contributed by atoms with E-state index in [4.69, 9.17) is 14.2 Å². The second kappa shape index (κ2) is 13.1. The molecule has 0 aromatic heterocycles. The summed E-state index contributed by atoms with van der Waals surface area (Å²) in [6, 6.07) is 19.2. The second-order valence-electron chi connectivity index (χ2n) is 8.27. The van der Waals surface area contributed by atoms with Crippen LogP contribution in [-0.4, -0.2) is 79.1 Å². The minimum atomic E-state index is -4.06. The monoisotopic (exact) mass is 534 g/mol. The van der Waals surface area contributed by atoms with Crippen molar-refractivity contribution in [2.24, 2.45) is 0 Å². The fourth-order valence-corrected chi connectivity index (χ4v) is 5.09. The third-order valence-corrected chi connectivity index (χ3v) is 7.18. The molecule has 0 aliphatic carbocycles. The topological polar surface area (TPSA) is 90.9 Å². The number of rotatable bonds is 10. The van der Waals surface area contributed by atoms with E-state index in [0.717, 1.165) is 24.0 Å². The van der Waals surface area contributed by atoms with Crippen LogP contribution >= 0.6 is 0 Å². The maximum absolute atomic E-state index is 13.5. The van der Waals surface area contributed by atoms with E-state index in [1.54, 1.807) is 30.3 Å². The molecule has 0 fully saturated rings. The minimum Gasteiger partial charge on any atom is -0.494 e. The van der Waals surface area contributed by atoms with Gasteiger partial charge in [0.1, 0.15) is 5.75 Å².